The molecule has 0 saturated heterocycles. The van der Waals surface area contributed by atoms with E-state index in [1.165, 1.54) is 5.57 Å². The summed E-state index contributed by atoms with van der Waals surface area (Å²) in [5, 5.41) is 20.3. The van der Waals surface area contributed by atoms with E-state index in [9.17, 15) is 10.4 Å². The normalized spacial score (nSPS) is 46.1. The summed E-state index contributed by atoms with van der Waals surface area (Å²) in [6.45, 7) is 2.25. The molecule has 24 heavy (non-hydrogen) atoms. The summed E-state index contributed by atoms with van der Waals surface area (Å²) in [5.41, 5.74) is 0.526. The molecule has 0 aliphatic heterocycles. The number of rotatable bonds is 2. The van der Waals surface area contributed by atoms with Gasteiger partial charge in [0.25, 0.3) is 0 Å². The van der Waals surface area contributed by atoms with Crippen LogP contribution < -0.4 is 0 Å². The van der Waals surface area contributed by atoms with E-state index in [2.05, 4.69) is 37.3 Å². The Kier molecular flexibility index (Phi) is 3.65. The van der Waals surface area contributed by atoms with Crippen molar-refractivity contribution in [3.05, 3.63) is 35.6 Å². The largest absolute Gasteiger partial charge is 0.497 e. The monoisotopic (exact) mass is 325 g/mol. The Balaban J connectivity index is 1.64. The summed E-state index contributed by atoms with van der Waals surface area (Å²) in [6, 6.07) is 2.24. The third-order valence-electron chi connectivity index (χ3n) is 7.67. The molecule has 0 aromatic heterocycles. The standard InChI is InChI=1S/C21H27NO2/c1-20-9-7-17-16-6-4-15(24-2)13-14(16)3-5-18(17)19(20)8-10-21(20,23)11-12-22/h3-4,6,13,16-19,23H,5,7-11H2,1-2H3/t16-,17+,18+,19-,20-,21-/m0/s1. The maximum absolute atomic E-state index is 11.2. The first-order valence-corrected chi connectivity index (χ1v) is 9.26. The molecule has 4 aliphatic rings. The van der Waals surface area contributed by atoms with Crippen molar-refractivity contribution in [3.63, 3.8) is 0 Å². The Morgan fingerprint density at radius 2 is 2.17 bits per heavy atom. The van der Waals surface area contributed by atoms with Crippen molar-refractivity contribution in [1.29, 1.82) is 5.26 Å². The smallest absolute Gasteiger partial charge is 0.118 e. The van der Waals surface area contributed by atoms with Gasteiger partial charge in [-0.2, -0.15) is 5.26 Å². The molecule has 0 unspecified atom stereocenters. The number of fused-ring (bicyclic) bond motifs is 5. The summed E-state index contributed by atoms with van der Waals surface area (Å²) in [7, 11) is 1.73. The predicted molar refractivity (Wildman–Crippen MR) is 92.6 cm³/mol. The maximum atomic E-state index is 11.2. The van der Waals surface area contributed by atoms with Crippen LogP contribution in [-0.2, 0) is 4.74 Å². The second-order valence-electron chi connectivity index (χ2n) is 8.37. The molecule has 3 nitrogen and oxygen atoms in total. The molecular weight excluding hydrogens is 298 g/mol. The lowest BCUT2D eigenvalue weighted by molar-refractivity contribution is -0.108. The molecule has 0 aromatic rings. The van der Waals surface area contributed by atoms with Crippen LogP contribution in [0.25, 0.3) is 0 Å². The fourth-order valence-corrected chi connectivity index (χ4v) is 6.24. The summed E-state index contributed by atoms with van der Waals surface area (Å²) < 4.78 is 5.39. The molecule has 4 rings (SSSR count). The van der Waals surface area contributed by atoms with Crippen molar-refractivity contribution in [2.24, 2.45) is 29.1 Å². The molecule has 0 heterocycles. The number of nitriles is 1. The van der Waals surface area contributed by atoms with Crippen LogP contribution in [0.15, 0.2) is 35.6 Å². The quantitative estimate of drug-likeness (QED) is 0.831. The lowest BCUT2D eigenvalue weighted by atomic mass is 9.52. The van der Waals surface area contributed by atoms with Gasteiger partial charge >= 0.3 is 0 Å². The highest BCUT2D eigenvalue weighted by Crippen LogP contribution is 2.64. The van der Waals surface area contributed by atoms with Crippen LogP contribution in [0.3, 0.4) is 0 Å². The van der Waals surface area contributed by atoms with E-state index in [4.69, 9.17) is 4.74 Å². The zero-order valence-corrected chi connectivity index (χ0v) is 14.7. The molecule has 0 bridgehead atoms. The molecule has 0 aromatic carbocycles. The molecule has 1 N–H and O–H groups in total. The number of hydrogen-bond acceptors (Lipinski definition) is 3. The lowest BCUT2D eigenvalue weighted by Crippen LogP contribution is -2.51. The molecule has 128 valence electrons. The summed E-state index contributed by atoms with van der Waals surface area (Å²) >= 11 is 0. The molecule has 3 heteroatoms. The van der Waals surface area contributed by atoms with Gasteiger partial charge in [0, 0.05) is 11.3 Å². The van der Waals surface area contributed by atoms with E-state index in [-0.39, 0.29) is 11.8 Å². The van der Waals surface area contributed by atoms with Crippen molar-refractivity contribution in [1.82, 2.24) is 0 Å². The molecule has 2 fully saturated rings. The third kappa shape index (κ3) is 2.05. The first kappa shape index (κ1) is 16.0. The van der Waals surface area contributed by atoms with Gasteiger partial charge in [-0.1, -0.05) is 19.1 Å². The van der Waals surface area contributed by atoms with Gasteiger partial charge in [0.1, 0.15) is 5.76 Å². The van der Waals surface area contributed by atoms with E-state index >= 15 is 0 Å². The minimum absolute atomic E-state index is 0.0961. The van der Waals surface area contributed by atoms with E-state index in [0.717, 1.165) is 37.9 Å². The molecule has 0 amide bonds. The molecule has 0 spiro atoms. The average Bonchev–Trinajstić information content (AvgIpc) is 2.86. The summed E-state index contributed by atoms with van der Waals surface area (Å²) in [4.78, 5) is 0. The Bertz CT molecular complexity index is 670. The van der Waals surface area contributed by atoms with Crippen LogP contribution in [0.1, 0.15) is 45.4 Å². The zero-order valence-electron chi connectivity index (χ0n) is 14.7. The molecule has 4 aliphatic carbocycles. The van der Waals surface area contributed by atoms with E-state index in [1.807, 2.05) is 0 Å². The highest BCUT2D eigenvalue weighted by molar-refractivity contribution is 5.39. The van der Waals surface area contributed by atoms with Crippen molar-refractivity contribution in [3.8, 4) is 6.07 Å². The third-order valence-corrected chi connectivity index (χ3v) is 7.67. The number of hydrogen-bond donors (Lipinski definition) is 1. The molecule has 0 radical (unpaired) electrons. The maximum Gasteiger partial charge on any atom is 0.118 e. The molecule has 6 atom stereocenters. The highest BCUT2D eigenvalue weighted by atomic mass is 16.5. The van der Waals surface area contributed by atoms with Crippen LogP contribution in [-0.4, -0.2) is 17.8 Å². The fraction of sp³-hybridized carbons (Fsp3) is 0.667. The molecular formula is C21H27NO2. The van der Waals surface area contributed by atoms with Crippen LogP contribution >= 0.6 is 0 Å². The van der Waals surface area contributed by atoms with Crippen LogP contribution in [0.4, 0.5) is 0 Å². The van der Waals surface area contributed by atoms with Crippen LogP contribution in [0.5, 0.6) is 0 Å². The minimum atomic E-state index is -0.785. The topological polar surface area (TPSA) is 53.2 Å². The molecule has 2 saturated carbocycles. The van der Waals surface area contributed by atoms with E-state index in [0.29, 0.717) is 23.7 Å². The summed E-state index contributed by atoms with van der Waals surface area (Å²) in [5.74, 6) is 3.28. The SMILES string of the molecule is COC1=CC2=CC[C@@H]3[C@H](CC[C@@]4(C)[C@H]3CC[C@]4(O)CC#N)[C@H]2C=C1. The van der Waals surface area contributed by atoms with Gasteiger partial charge in [0.2, 0.25) is 0 Å². The number of aliphatic hydroxyl groups is 1. The highest BCUT2D eigenvalue weighted by Gasteiger charge is 2.61. The second kappa shape index (κ2) is 5.49. The number of allylic oxidation sites excluding steroid dienone is 5. The number of nitrogens with zero attached hydrogens (tertiary/aromatic N) is 1. The zero-order chi connectivity index (χ0) is 16.9. The van der Waals surface area contributed by atoms with Gasteiger partial charge in [-0.3, -0.25) is 0 Å². The van der Waals surface area contributed by atoms with Gasteiger partial charge in [-0.15, -0.1) is 0 Å². The van der Waals surface area contributed by atoms with Crippen molar-refractivity contribution < 1.29 is 9.84 Å². The fourth-order valence-electron chi connectivity index (χ4n) is 6.24. The number of ether oxygens (including phenoxy) is 1. The Hall–Kier alpha value is -1.53. The average molecular weight is 325 g/mol. The van der Waals surface area contributed by atoms with Gasteiger partial charge in [0.15, 0.2) is 0 Å². The Labute approximate surface area is 144 Å². The number of methoxy groups -OCH3 is 1. The van der Waals surface area contributed by atoms with Crippen molar-refractivity contribution in [2.75, 3.05) is 7.11 Å². The van der Waals surface area contributed by atoms with Gasteiger partial charge < -0.3 is 9.84 Å². The van der Waals surface area contributed by atoms with E-state index < -0.39 is 5.60 Å². The Morgan fingerprint density at radius 3 is 2.92 bits per heavy atom. The van der Waals surface area contributed by atoms with Crippen molar-refractivity contribution in [2.45, 2.75) is 51.0 Å². The first-order valence-electron chi connectivity index (χ1n) is 9.26. The van der Waals surface area contributed by atoms with Crippen molar-refractivity contribution >= 4 is 0 Å². The lowest BCUT2D eigenvalue weighted by Gasteiger charge is -2.54. The van der Waals surface area contributed by atoms with Crippen LogP contribution in [0.2, 0.25) is 0 Å². The Morgan fingerprint density at radius 1 is 1.33 bits per heavy atom. The van der Waals surface area contributed by atoms with Gasteiger partial charge in [0.05, 0.1) is 25.2 Å². The van der Waals surface area contributed by atoms with Gasteiger partial charge in [-0.05, 0) is 67.6 Å². The first-order chi connectivity index (χ1) is 11.5. The van der Waals surface area contributed by atoms with E-state index in [1.54, 1.807) is 7.11 Å². The van der Waals surface area contributed by atoms with Gasteiger partial charge in [-0.25, -0.2) is 0 Å². The predicted octanol–water partition coefficient (Wildman–Crippen LogP) is 4.12. The van der Waals surface area contributed by atoms with Crippen LogP contribution in [0, 0.1) is 40.4 Å². The minimum Gasteiger partial charge on any atom is -0.497 e. The second-order valence-corrected chi connectivity index (χ2v) is 8.37. The summed E-state index contributed by atoms with van der Waals surface area (Å²) in [6.07, 6.45) is 14.4.